The van der Waals surface area contributed by atoms with Gasteiger partial charge >= 0.3 is 0 Å². The predicted molar refractivity (Wildman–Crippen MR) is 83.2 cm³/mol. The molecule has 20 heavy (non-hydrogen) atoms. The molecule has 0 heterocycles. The van der Waals surface area contributed by atoms with Crippen molar-refractivity contribution in [3.8, 4) is 5.75 Å². The zero-order chi connectivity index (χ0) is 14.4. The van der Waals surface area contributed by atoms with Gasteiger partial charge in [0.05, 0.1) is 12.8 Å². The molecule has 104 valence electrons. The molecule has 0 fully saturated rings. The van der Waals surface area contributed by atoms with Crippen LogP contribution in [-0.4, -0.2) is 24.3 Å². The number of oxime groups is 1. The van der Waals surface area contributed by atoms with E-state index < -0.39 is 0 Å². The lowest BCUT2D eigenvalue weighted by atomic mass is 10.0. The van der Waals surface area contributed by atoms with E-state index in [1.165, 1.54) is 4.90 Å². The van der Waals surface area contributed by atoms with Crippen molar-refractivity contribution >= 4 is 17.5 Å². The number of hydrogen-bond donors (Lipinski definition) is 1. The lowest BCUT2D eigenvalue weighted by Gasteiger charge is -2.07. The van der Waals surface area contributed by atoms with Gasteiger partial charge in [0, 0.05) is 11.3 Å². The molecule has 2 rings (SSSR count). The summed E-state index contributed by atoms with van der Waals surface area (Å²) in [6.07, 6.45) is 2.64. The van der Waals surface area contributed by atoms with E-state index in [0.717, 1.165) is 16.9 Å². The van der Waals surface area contributed by atoms with Crippen LogP contribution in [0.25, 0.3) is 0 Å². The predicted octanol–water partition coefficient (Wildman–Crippen LogP) is 3.84. The van der Waals surface area contributed by atoms with Gasteiger partial charge in [-0.25, -0.2) is 0 Å². The van der Waals surface area contributed by atoms with E-state index in [1.807, 2.05) is 30.5 Å². The molecule has 1 N–H and O–H groups in total. The SMILES string of the molecule is COc1ccc(C(Cc2ccc(SC)cc2)=NO)cc1. The van der Waals surface area contributed by atoms with Crippen LogP contribution >= 0.6 is 11.8 Å². The van der Waals surface area contributed by atoms with Crippen LogP contribution in [-0.2, 0) is 6.42 Å². The molecule has 0 aliphatic rings. The summed E-state index contributed by atoms with van der Waals surface area (Å²) in [6.45, 7) is 0. The molecule has 0 saturated heterocycles. The topological polar surface area (TPSA) is 41.8 Å². The molecule has 2 aromatic rings. The van der Waals surface area contributed by atoms with Crippen molar-refractivity contribution in [1.82, 2.24) is 0 Å². The van der Waals surface area contributed by atoms with Crippen molar-refractivity contribution in [1.29, 1.82) is 0 Å². The Balaban J connectivity index is 2.15. The number of methoxy groups -OCH3 is 1. The van der Waals surface area contributed by atoms with E-state index in [2.05, 4.69) is 29.4 Å². The third kappa shape index (κ3) is 3.54. The molecule has 0 aromatic heterocycles. The lowest BCUT2D eigenvalue weighted by molar-refractivity contribution is 0.318. The molecule has 3 nitrogen and oxygen atoms in total. The molecule has 0 spiro atoms. The van der Waals surface area contributed by atoms with E-state index >= 15 is 0 Å². The van der Waals surface area contributed by atoms with Crippen LogP contribution in [0.5, 0.6) is 5.75 Å². The van der Waals surface area contributed by atoms with Gasteiger partial charge in [-0.05, 0) is 53.8 Å². The molecule has 0 aliphatic heterocycles. The number of hydrogen-bond acceptors (Lipinski definition) is 4. The standard InChI is InChI=1S/C16H17NO2S/c1-19-14-7-5-13(6-8-14)16(17-18)11-12-3-9-15(20-2)10-4-12/h3-10,18H,11H2,1-2H3. The van der Waals surface area contributed by atoms with Crippen LogP contribution in [0.3, 0.4) is 0 Å². The highest BCUT2D eigenvalue weighted by Gasteiger charge is 2.06. The van der Waals surface area contributed by atoms with E-state index in [4.69, 9.17) is 4.74 Å². The van der Waals surface area contributed by atoms with Crippen LogP contribution in [0.15, 0.2) is 58.6 Å². The minimum Gasteiger partial charge on any atom is -0.497 e. The summed E-state index contributed by atoms with van der Waals surface area (Å²) in [5.41, 5.74) is 2.65. The van der Waals surface area contributed by atoms with Crippen molar-refractivity contribution in [3.05, 3.63) is 59.7 Å². The Morgan fingerprint density at radius 2 is 1.75 bits per heavy atom. The van der Waals surface area contributed by atoms with Gasteiger partial charge in [-0.15, -0.1) is 11.8 Å². The summed E-state index contributed by atoms with van der Waals surface area (Å²) in [5.74, 6) is 0.787. The summed E-state index contributed by atoms with van der Waals surface area (Å²) in [4.78, 5) is 1.22. The first-order valence-electron chi connectivity index (χ1n) is 6.25. The largest absolute Gasteiger partial charge is 0.497 e. The summed E-state index contributed by atoms with van der Waals surface area (Å²) in [7, 11) is 1.63. The zero-order valence-corrected chi connectivity index (χ0v) is 12.4. The molecular formula is C16H17NO2S. The average Bonchev–Trinajstić information content (AvgIpc) is 2.53. The maximum Gasteiger partial charge on any atom is 0.118 e. The zero-order valence-electron chi connectivity index (χ0n) is 11.5. The van der Waals surface area contributed by atoms with Crippen LogP contribution < -0.4 is 4.74 Å². The molecule has 0 saturated carbocycles. The highest BCUT2D eigenvalue weighted by molar-refractivity contribution is 7.98. The third-order valence-electron chi connectivity index (χ3n) is 3.07. The Morgan fingerprint density at radius 1 is 1.10 bits per heavy atom. The van der Waals surface area contributed by atoms with Gasteiger partial charge in [-0.2, -0.15) is 0 Å². The number of ether oxygens (including phenoxy) is 1. The molecule has 4 heteroatoms. The van der Waals surface area contributed by atoms with Crippen LogP contribution in [0.4, 0.5) is 0 Å². The maximum atomic E-state index is 9.22. The normalized spacial score (nSPS) is 11.4. The molecule has 0 radical (unpaired) electrons. The maximum absolute atomic E-state index is 9.22. The van der Waals surface area contributed by atoms with Crippen molar-refractivity contribution in [2.75, 3.05) is 13.4 Å². The number of rotatable bonds is 5. The van der Waals surface area contributed by atoms with Crippen LogP contribution in [0.1, 0.15) is 11.1 Å². The quantitative estimate of drug-likeness (QED) is 0.393. The fourth-order valence-corrected chi connectivity index (χ4v) is 2.32. The molecule has 0 atom stereocenters. The summed E-state index contributed by atoms with van der Waals surface area (Å²) in [5, 5.41) is 12.6. The Morgan fingerprint density at radius 3 is 2.25 bits per heavy atom. The Hall–Kier alpha value is -1.94. The number of nitrogens with zero attached hydrogens (tertiary/aromatic N) is 1. The van der Waals surface area contributed by atoms with E-state index in [-0.39, 0.29) is 0 Å². The Labute approximate surface area is 123 Å². The van der Waals surface area contributed by atoms with Gasteiger partial charge in [0.1, 0.15) is 5.75 Å². The highest BCUT2D eigenvalue weighted by atomic mass is 32.2. The minimum absolute atomic E-state index is 0.595. The lowest BCUT2D eigenvalue weighted by Crippen LogP contribution is -2.05. The smallest absolute Gasteiger partial charge is 0.118 e. The van der Waals surface area contributed by atoms with E-state index in [0.29, 0.717) is 12.1 Å². The average molecular weight is 287 g/mol. The molecule has 0 unspecified atom stereocenters. The van der Waals surface area contributed by atoms with E-state index in [9.17, 15) is 5.21 Å². The molecular weight excluding hydrogens is 270 g/mol. The second-order valence-electron chi connectivity index (χ2n) is 4.30. The van der Waals surface area contributed by atoms with E-state index in [1.54, 1.807) is 18.9 Å². The van der Waals surface area contributed by atoms with Crippen molar-refractivity contribution in [3.63, 3.8) is 0 Å². The fourth-order valence-electron chi connectivity index (χ4n) is 1.92. The monoisotopic (exact) mass is 287 g/mol. The minimum atomic E-state index is 0.595. The Bertz CT molecular complexity index is 576. The molecule has 0 bridgehead atoms. The van der Waals surface area contributed by atoms with Gasteiger partial charge in [0.15, 0.2) is 0 Å². The molecule has 2 aromatic carbocycles. The summed E-state index contributed by atoms with van der Waals surface area (Å²) < 4.78 is 5.12. The first-order chi connectivity index (χ1) is 9.76. The van der Waals surface area contributed by atoms with Crippen LogP contribution in [0.2, 0.25) is 0 Å². The second-order valence-corrected chi connectivity index (χ2v) is 5.18. The van der Waals surface area contributed by atoms with Crippen molar-refractivity contribution in [2.24, 2.45) is 5.16 Å². The number of benzene rings is 2. The third-order valence-corrected chi connectivity index (χ3v) is 3.82. The molecule has 0 amide bonds. The Kier molecular flexibility index (Phi) is 5.07. The van der Waals surface area contributed by atoms with Crippen LogP contribution in [0, 0.1) is 0 Å². The van der Waals surface area contributed by atoms with Gasteiger partial charge in [0.25, 0.3) is 0 Å². The van der Waals surface area contributed by atoms with Gasteiger partial charge in [-0.3, -0.25) is 0 Å². The molecule has 0 aliphatic carbocycles. The summed E-state index contributed by atoms with van der Waals surface area (Å²) >= 11 is 1.71. The fraction of sp³-hybridized carbons (Fsp3) is 0.188. The van der Waals surface area contributed by atoms with Crippen molar-refractivity contribution in [2.45, 2.75) is 11.3 Å². The first kappa shape index (κ1) is 14.5. The van der Waals surface area contributed by atoms with Gasteiger partial charge in [-0.1, -0.05) is 17.3 Å². The van der Waals surface area contributed by atoms with Crippen molar-refractivity contribution < 1.29 is 9.94 Å². The second kappa shape index (κ2) is 7.01. The number of thioether (sulfide) groups is 1. The highest BCUT2D eigenvalue weighted by Crippen LogP contribution is 2.17. The first-order valence-corrected chi connectivity index (χ1v) is 7.47. The van der Waals surface area contributed by atoms with Gasteiger partial charge < -0.3 is 9.94 Å². The summed E-state index contributed by atoms with van der Waals surface area (Å²) in [6, 6.07) is 15.8. The van der Waals surface area contributed by atoms with Gasteiger partial charge in [0.2, 0.25) is 0 Å².